The second-order valence-corrected chi connectivity index (χ2v) is 4.17. The van der Waals surface area contributed by atoms with Crippen molar-refractivity contribution in [1.29, 1.82) is 0 Å². The van der Waals surface area contributed by atoms with E-state index in [1.54, 1.807) is 0 Å². The van der Waals surface area contributed by atoms with Gasteiger partial charge in [-0.3, -0.25) is 0 Å². The first kappa shape index (κ1) is 12.7. The van der Waals surface area contributed by atoms with Gasteiger partial charge in [0.05, 0.1) is 0 Å². The van der Waals surface area contributed by atoms with E-state index in [1.165, 1.54) is 0 Å². The fourth-order valence-electron chi connectivity index (χ4n) is 1.43. The van der Waals surface area contributed by atoms with Crippen molar-refractivity contribution in [3.05, 3.63) is 11.9 Å². The van der Waals surface area contributed by atoms with Crippen LogP contribution in [0, 0.1) is 6.92 Å². The zero-order valence-electron chi connectivity index (χ0n) is 10.5. The van der Waals surface area contributed by atoms with Gasteiger partial charge in [0, 0.05) is 32.2 Å². The van der Waals surface area contributed by atoms with E-state index in [0.29, 0.717) is 12.6 Å². The van der Waals surface area contributed by atoms with Crippen molar-refractivity contribution in [3.8, 4) is 0 Å². The molecule has 0 amide bonds. The zero-order valence-corrected chi connectivity index (χ0v) is 10.5. The molecule has 16 heavy (non-hydrogen) atoms. The second-order valence-electron chi connectivity index (χ2n) is 4.17. The largest absolute Gasteiger partial charge is 0.368 e. The van der Waals surface area contributed by atoms with E-state index in [-0.39, 0.29) is 0 Å². The number of hydrogen-bond acceptors (Lipinski definition) is 5. The van der Waals surface area contributed by atoms with Gasteiger partial charge in [-0.25, -0.2) is 9.97 Å². The number of likely N-dealkylation sites (N-methyl/N-ethyl adjacent to an activating group) is 1. The van der Waals surface area contributed by atoms with Crippen LogP contribution in [-0.4, -0.2) is 36.1 Å². The fraction of sp³-hybridized carbons (Fsp3) is 0.636. The highest BCUT2D eigenvalue weighted by molar-refractivity contribution is 5.49. The molecule has 1 aromatic rings. The summed E-state index contributed by atoms with van der Waals surface area (Å²) in [6.45, 7) is 7.47. The smallest absolute Gasteiger partial charge is 0.134 e. The highest BCUT2D eigenvalue weighted by atomic mass is 15.2. The van der Waals surface area contributed by atoms with Crippen LogP contribution in [-0.2, 0) is 0 Å². The summed E-state index contributed by atoms with van der Waals surface area (Å²) < 4.78 is 0. The van der Waals surface area contributed by atoms with Crippen LogP contribution in [0.2, 0.25) is 0 Å². The molecule has 1 heterocycles. The molecule has 3 N–H and O–H groups in total. The summed E-state index contributed by atoms with van der Waals surface area (Å²) in [5.74, 6) is 2.53. The predicted octanol–water partition coefficient (Wildman–Crippen LogP) is 1.00. The Morgan fingerprint density at radius 3 is 2.69 bits per heavy atom. The Morgan fingerprint density at radius 1 is 1.44 bits per heavy atom. The Kier molecular flexibility index (Phi) is 4.49. The third kappa shape index (κ3) is 3.66. The number of anilines is 2. The van der Waals surface area contributed by atoms with E-state index < -0.39 is 0 Å². The molecule has 0 fully saturated rings. The van der Waals surface area contributed by atoms with Gasteiger partial charge in [0.15, 0.2) is 0 Å². The maximum Gasteiger partial charge on any atom is 0.134 e. The summed E-state index contributed by atoms with van der Waals surface area (Å²) in [7, 11) is 1.98. The van der Waals surface area contributed by atoms with Gasteiger partial charge in [-0.05, 0) is 20.8 Å². The van der Waals surface area contributed by atoms with Crippen LogP contribution in [0.3, 0.4) is 0 Å². The standard InChI is InChI=1S/C11H21N5/c1-8(2)13-10-7-11(15-9(3)14-10)16(4)6-5-12/h7-8H,5-6,12H2,1-4H3,(H,13,14,15). The summed E-state index contributed by atoms with van der Waals surface area (Å²) in [6.07, 6.45) is 0. The Balaban J connectivity index is 2.89. The molecule has 0 aromatic carbocycles. The highest BCUT2D eigenvalue weighted by Gasteiger charge is 2.06. The normalized spacial score (nSPS) is 10.6. The quantitative estimate of drug-likeness (QED) is 0.779. The molecule has 0 radical (unpaired) electrons. The summed E-state index contributed by atoms with van der Waals surface area (Å²) in [6, 6.07) is 2.31. The third-order valence-electron chi connectivity index (χ3n) is 2.12. The van der Waals surface area contributed by atoms with Crippen LogP contribution in [0.15, 0.2) is 6.07 Å². The maximum atomic E-state index is 5.52. The summed E-state index contributed by atoms with van der Waals surface area (Å²) in [5, 5.41) is 3.27. The van der Waals surface area contributed by atoms with Crippen molar-refractivity contribution in [1.82, 2.24) is 9.97 Å². The molecule has 5 nitrogen and oxygen atoms in total. The van der Waals surface area contributed by atoms with E-state index in [9.17, 15) is 0 Å². The minimum absolute atomic E-state index is 0.363. The number of aryl methyl sites for hydroxylation is 1. The molecule has 0 spiro atoms. The molecular formula is C11H21N5. The monoisotopic (exact) mass is 223 g/mol. The second kappa shape index (κ2) is 5.65. The van der Waals surface area contributed by atoms with Crippen molar-refractivity contribution in [3.63, 3.8) is 0 Å². The average Bonchev–Trinajstić information content (AvgIpc) is 2.15. The van der Waals surface area contributed by atoms with Gasteiger partial charge in [-0.2, -0.15) is 0 Å². The van der Waals surface area contributed by atoms with Gasteiger partial charge in [0.1, 0.15) is 17.5 Å². The third-order valence-corrected chi connectivity index (χ3v) is 2.12. The lowest BCUT2D eigenvalue weighted by Crippen LogP contribution is -2.26. The maximum absolute atomic E-state index is 5.52. The molecule has 0 bridgehead atoms. The molecule has 0 atom stereocenters. The van der Waals surface area contributed by atoms with Crippen molar-refractivity contribution in [2.75, 3.05) is 30.4 Å². The molecular weight excluding hydrogens is 202 g/mol. The van der Waals surface area contributed by atoms with Crippen molar-refractivity contribution < 1.29 is 0 Å². The van der Waals surface area contributed by atoms with Gasteiger partial charge in [-0.15, -0.1) is 0 Å². The van der Waals surface area contributed by atoms with Gasteiger partial charge in [0.25, 0.3) is 0 Å². The number of aromatic nitrogens is 2. The predicted molar refractivity (Wildman–Crippen MR) is 67.9 cm³/mol. The molecule has 5 heteroatoms. The minimum atomic E-state index is 0.363. The first-order valence-corrected chi connectivity index (χ1v) is 5.56. The lowest BCUT2D eigenvalue weighted by Gasteiger charge is -2.19. The van der Waals surface area contributed by atoms with Crippen molar-refractivity contribution >= 4 is 11.6 Å². The Labute approximate surface area is 97.1 Å². The lowest BCUT2D eigenvalue weighted by atomic mass is 10.3. The topological polar surface area (TPSA) is 67.1 Å². The zero-order chi connectivity index (χ0) is 12.1. The van der Waals surface area contributed by atoms with Crippen molar-refractivity contribution in [2.45, 2.75) is 26.8 Å². The van der Waals surface area contributed by atoms with Crippen LogP contribution in [0.25, 0.3) is 0 Å². The van der Waals surface area contributed by atoms with E-state index in [1.807, 2.05) is 24.9 Å². The number of hydrogen-bond donors (Lipinski definition) is 2. The van der Waals surface area contributed by atoms with Crippen LogP contribution in [0.4, 0.5) is 11.6 Å². The van der Waals surface area contributed by atoms with E-state index in [0.717, 1.165) is 24.0 Å². The highest BCUT2D eigenvalue weighted by Crippen LogP contribution is 2.14. The van der Waals surface area contributed by atoms with Crippen LogP contribution in [0.5, 0.6) is 0 Å². The number of nitrogens with one attached hydrogen (secondary N) is 1. The molecule has 0 saturated heterocycles. The molecule has 0 aliphatic heterocycles. The molecule has 0 aliphatic carbocycles. The minimum Gasteiger partial charge on any atom is -0.368 e. The molecule has 90 valence electrons. The van der Waals surface area contributed by atoms with Gasteiger partial charge in [-0.1, -0.05) is 0 Å². The number of nitrogens with zero attached hydrogens (tertiary/aromatic N) is 3. The number of nitrogens with two attached hydrogens (primary N) is 1. The molecule has 0 unspecified atom stereocenters. The van der Waals surface area contributed by atoms with Crippen LogP contribution < -0.4 is 16.0 Å². The van der Waals surface area contributed by atoms with Crippen molar-refractivity contribution in [2.24, 2.45) is 5.73 Å². The van der Waals surface area contributed by atoms with Gasteiger partial charge in [0.2, 0.25) is 0 Å². The van der Waals surface area contributed by atoms with Gasteiger partial charge >= 0.3 is 0 Å². The Bertz CT molecular complexity index is 337. The molecule has 1 aromatic heterocycles. The van der Waals surface area contributed by atoms with E-state index in [4.69, 9.17) is 5.73 Å². The summed E-state index contributed by atoms with van der Waals surface area (Å²) in [5.41, 5.74) is 5.52. The Morgan fingerprint density at radius 2 is 2.12 bits per heavy atom. The molecule has 1 rings (SSSR count). The first-order chi connectivity index (χ1) is 7.52. The molecule has 0 aliphatic rings. The van der Waals surface area contributed by atoms with E-state index in [2.05, 4.69) is 29.1 Å². The first-order valence-electron chi connectivity index (χ1n) is 5.56. The number of rotatable bonds is 5. The fourth-order valence-corrected chi connectivity index (χ4v) is 1.43. The van der Waals surface area contributed by atoms with Gasteiger partial charge < -0.3 is 16.0 Å². The molecule has 0 saturated carbocycles. The Hall–Kier alpha value is -1.36. The van der Waals surface area contributed by atoms with E-state index >= 15 is 0 Å². The SMILES string of the molecule is Cc1nc(NC(C)C)cc(N(C)CCN)n1. The summed E-state index contributed by atoms with van der Waals surface area (Å²) >= 11 is 0. The lowest BCUT2D eigenvalue weighted by molar-refractivity contribution is 0.846. The van der Waals surface area contributed by atoms with Crippen LogP contribution >= 0.6 is 0 Å². The van der Waals surface area contributed by atoms with Crippen LogP contribution in [0.1, 0.15) is 19.7 Å². The average molecular weight is 223 g/mol. The summed E-state index contributed by atoms with van der Waals surface area (Å²) in [4.78, 5) is 10.7.